The molecule has 0 saturated carbocycles. The summed E-state index contributed by atoms with van der Waals surface area (Å²) >= 11 is 0. The van der Waals surface area contributed by atoms with Gasteiger partial charge in [-0.05, 0) is 20.8 Å². The molecule has 6 heteroatoms. The molecular formula is C13H21N3O3. The minimum absolute atomic E-state index is 0.0438. The van der Waals surface area contributed by atoms with Crippen LogP contribution in [0.25, 0.3) is 0 Å². The van der Waals surface area contributed by atoms with Gasteiger partial charge >= 0.3 is 5.56 Å². The Morgan fingerprint density at radius 2 is 2.37 bits per heavy atom. The summed E-state index contributed by atoms with van der Waals surface area (Å²) in [6.45, 7) is 7.81. The molecule has 0 radical (unpaired) electrons. The van der Waals surface area contributed by atoms with E-state index in [1.807, 2.05) is 20.8 Å². The van der Waals surface area contributed by atoms with Crippen molar-refractivity contribution in [3.05, 3.63) is 22.7 Å². The van der Waals surface area contributed by atoms with Gasteiger partial charge in [0.05, 0.1) is 6.10 Å². The average Bonchev–Trinajstić information content (AvgIpc) is 2.37. The number of ether oxygens (including phenoxy) is 2. The molecule has 0 aliphatic carbocycles. The Labute approximate surface area is 112 Å². The van der Waals surface area contributed by atoms with Crippen LogP contribution in [-0.4, -0.2) is 41.5 Å². The summed E-state index contributed by atoms with van der Waals surface area (Å²) in [6, 6.07) is 0.0884. The second-order valence-electron chi connectivity index (χ2n) is 5.08. The van der Waals surface area contributed by atoms with Crippen molar-refractivity contribution in [2.75, 3.05) is 19.7 Å². The molecule has 0 spiro atoms. The van der Waals surface area contributed by atoms with Gasteiger partial charge in [-0.15, -0.1) is 0 Å². The number of nitrogens with zero attached hydrogens (tertiary/aromatic N) is 2. The van der Waals surface area contributed by atoms with E-state index in [4.69, 9.17) is 9.47 Å². The Morgan fingerprint density at radius 3 is 3.05 bits per heavy atom. The second-order valence-corrected chi connectivity index (χ2v) is 5.08. The van der Waals surface area contributed by atoms with Gasteiger partial charge in [0.25, 0.3) is 5.88 Å². The molecule has 1 aromatic rings. The smallest absolute Gasteiger partial charge is 0.313 e. The molecule has 106 valence electrons. The van der Waals surface area contributed by atoms with Gasteiger partial charge in [0, 0.05) is 31.5 Å². The maximum absolute atomic E-state index is 12.1. The first-order valence-corrected chi connectivity index (χ1v) is 6.64. The first-order chi connectivity index (χ1) is 9.08. The zero-order valence-corrected chi connectivity index (χ0v) is 11.6. The van der Waals surface area contributed by atoms with Crippen molar-refractivity contribution in [1.29, 1.82) is 0 Å². The molecule has 1 fully saturated rings. The Hall–Kier alpha value is -1.40. The van der Waals surface area contributed by atoms with Crippen molar-refractivity contribution < 1.29 is 9.47 Å². The van der Waals surface area contributed by atoms with Gasteiger partial charge in [0.15, 0.2) is 0 Å². The monoisotopic (exact) mass is 267 g/mol. The van der Waals surface area contributed by atoms with Crippen molar-refractivity contribution in [2.24, 2.45) is 0 Å². The van der Waals surface area contributed by atoms with Gasteiger partial charge in [-0.3, -0.25) is 4.79 Å². The lowest BCUT2D eigenvalue weighted by Crippen LogP contribution is -2.46. The van der Waals surface area contributed by atoms with E-state index in [1.165, 1.54) is 0 Å². The van der Waals surface area contributed by atoms with Crippen LogP contribution in [0.5, 0.6) is 5.88 Å². The van der Waals surface area contributed by atoms with Crippen molar-refractivity contribution in [1.82, 2.24) is 14.9 Å². The minimum Gasteiger partial charge on any atom is -0.471 e. The van der Waals surface area contributed by atoms with E-state index < -0.39 is 0 Å². The van der Waals surface area contributed by atoms with Crippen LogP contribution in [0.4, 0.5) is 0 Å². The molecular weight excluding hydrogens is 246 g/mol. The van der Waals surface area contributed by atoms with E-state index in [2.05, 4.69) is 10.3 Å². The summed E-state index contributed by atoms with van der Waals surface area (Å²) in [7, 11) is 0. The topological polar surface area (TPSA) is 65.4 Å². The summed E-state index contributed by atoms with van der Waals surface area (Å²) in [6.07, 6.45) is 3.37. The van der Waals surface area contributed by atoms with Crippen LogP contribution in [0.1, 0.15) is 26.8 Å². The number of aromatic nitrogens is 2. The lowest BCUT2D eigenvalue weighted by molar-refractivity contribution is -0.0479. The largest absolute Gasteiger partial charge is 0.471 e. The predicted octanol–water partition coefficient (Wildman–Crippen LogP) is 0.580. The van der Waals surface area contributed by atoms with Crippen LogP contribution in [0.3, 0.4) is 0 Å². The first kappa shape index (κ1) is 14.0. The fourth-order valence-corrected chi connectivity index (χ4v) is 2.05. The molecule has 1 aliphatic rings. The zero-order valence-electron chi connectivity index (χ0n) is 11.6. The van der Waals surface area contributed by atoms with Gasteiger partial charge in [0.2, 0.25) is 0 Å². The molecule has 2 heterocycles. The van der Waals surface area contributed by atoms with Crippen LogP contribution in [0, 0.1) is 0 Å². The van der Waals surface area contributed by atoms with E-state index in [1.54, 1.807) is 17.0 Å². The molecule has 0 bridgehead atoms. The fourth-order valence-electron chi connectivity index (χ4n) is 2.05. The molecule has 2 rings (SSSR count). The third-order valence-electron chi connectivity index (χ3n) is 3.03. The summed E-state index contributed by atoms with van der Waals surface area (Å²) < 4.78 is 12.8. The van der Waals surface area contributed by atoms with Crippen LogP contribution in [0.15, 0.2) is 17.2 Å². The minimum atomic E-state index is -0.200. The van der Waals surface area contributed by atoms with Gasteiger partial charge in [-0.2, -0.15) is 0 Å². The number of nitrogens with one attached hydrogen (secondary N) is 1. The van der Waals surface area contributed by atoms with Crippen molar-refractivity contribution >= 4 is 0 Å². The third kappa shape index (κ3) is 3.54. The SMILES string of the molecule is CC1CNCC(COc2nccn(C(C)C)c2=O)O1. The van der Waals surface area contributed by atoms with E-state index >= 15 is 0 Å². The molecule has 0 aromatic carbocycles. The molecule has 1 aromatic heterocycles. The quantitative estimate of drug-likeness (QED) is 0.864. The number of hydrogen-bond donors (Lipinski definition) is 1. The van der Waals surface area contributed by atoms with Crippen molar-refractivity contribution in [3.8, 4) is 5.88 Å². The molecule has 2 atom stereocenters. The van der Waals surface area contributed by atoms with Crippen LogP contribution < -0.4 is 15.6 Å². The lowest BCUT2D eigenvalue weighted by atomic mass is 10.2. The highest BCUT2D eigenvalue weighted by atomic mass is 16.5. The summed E-state index contributed by atoms with van der Waals surface area (Å²) in [5, 5.41) is 3.26. The Kier molecular flexibility index (Phi) is 4.55. The molecule has 1 aliphatic heterocycles. The number of rotatable bonds is 4. The summed E-state index contributed by atoms with van der Waals surface area (Å²) in [4.78, 5) is 16.1. The molecule has 6 nitrogen and oxygen atoms in total. The van der Waals surface area contributed by atoms with E-state index in [9.17, 15) is 4.79 Å². The zero-order chi connectivity index (χ0) is 13.8. The Bertz CT molecular complexity index is 472. The van der Waals surface area contributed by atoms with Crippen LogP contribution in [-0.2, 0) is 4.74 Å². The van der Waals surface area contributed by atoms with E-state index in [0.717, 1.165) is 13.1 Å². The molecule has 19 heavy (non-hydrogen) atoms. The lowest BCUT2D eigenvalue weighted by Gasteiger charge is -2.28. The van der Waals surface area contributed by atoms with E-state index in [-0.39, 0.29) is 29.7 Å². The Morgan fingerprint density at radius 1 is 1.58 bits per heavy atom. The average molecular weight is 267 g/mol. The number of morpholine rings is 1. The highest BCUT2D eigenvalue weighted by Gasteiger charge is 2.20. The van der Waals surface area contributed by atoms with Gasteiger partial charge < -0.3 is 19.4 Å². The Balaban J connectivity index is 2.00. The fraction of sp³-hybridized carbons (Fsp3) is 0.692. The van der Waals surface area contributed by atoms with E-state index in [0.29, 0.717) is 6.61 Å². The van der Waals surface area contributed by atoms with Crippen LogP contribution >= 0.6 is 0 Å². The summed E-state index contributed by atoms with van der Waals surface area (Å²) in [5.74, 6) is 0.137. The third-order valence-corrected chi connectivity index (χ3v) is 3.03. The second kappa shape index (κ2) is 6.16. The van der Waals surface area contributed by atoms with Gasteiger partial charge in [-0.1, -0.05) is 0 Å². The standard InChI is InChI=1S/C13H21N3O3/c1-9(2)16-5-4-15-12(13(16)17)18-8-11-7-14-6-10(3)19-11/h4-5,9-11,14H,6-8H2,1-3H3. The first-order valence-electron chi connectivity index (χ1n) is 6.64. The maximum atomic E-state index is 12.1. The summed E-state index contributed by atoms with van der Waals surface area (Å²) in [5.41, 5.74) is -0.200. The molecule has 2 unspecified atom stereocenters. The van der Waals surface area contributed by atoms with Crippen molar-refractivity contribution in [2.45, 2.75) is 39.0 Å². The van der Waals surface area contributed by atoms with Crippen LogP contribution in [0.2, 0.25) is 0 Å². The maximum Gasteiger partial charge on any atom is 0.313 e. The molecule has 0 amide bonds. The number of hydrogen-bond acceptors (Lipinski definition) is 5. The normalized spacial score (nSPS) is 23.6. The highest BCUT2D eigenvalue weighted by molar-refractivity contribution is 5.05. The van der Waals surface area contributed by atoms with Gasteiger partial charge in [-0.25, -0.2) is 4.98 Å². The molecule has 1 N–H and O–H groups in total. The molecule has 1 saturated heterocycles. The van der Waals surface area contributed by atoms with Gasteiger partial charge in [0.1, 0.15) is 12.7 Å². The highest BCUT2D eigenvalue weighted by Crippen LogP contribution is 2.07. The van der Waals surface area contributed by atoms with Crippen molar-refractivity contribution in [3.63, 3.8) is 0 Å². The predicted molar refractivity (Wildman–Crippen MR) is 71.6 cm³/mol.